The molecule has 1 aromatic heterocycles. The van der Waals surface area contributed by atoms with E-state index in [0.29, 0.717) is 5.13 Å². The first-order valence-corrected chi connectivity index (χ1v) is 9.26. The molecule has 0 radical (unpaired) electrons. The smallest absolute Gasteiger partial charge is 0.261 e. The summed E-state index contributed by atoms with van der Waals surface area (Å²) < 4.78 is 40.1. The van der Waals surface area contributed by atoms with Crippen LogP contribution in [0.15, 0.2) is 58.9 Å². The van der Waals surface area contributed by atoms with Gasteiger partial charge in [0.25, 0.3) is 15.9 Å². The minimum atomic E-state index is -3.92. The molecule has 0 unspecified atom stereocenters. The highest BCUT2D eigenvalue weighted by molar-refractivity contribution is 7.92. The van der Waals surface area contributed by atoms with Crippen LogP contribution in [0.25, 0.3) is 0 Å². The highest BCUT2D eigenvalue weighted by Crippen LogP contribution is 2.18. The lowest BCUT2D eigenvalue weighted by atomic mass is 10.2. The largest absolute Gasteiger partial charge is 0.296 e. The first-order valence-electron chi connectivity index (χ1n) is 6.90. The lowest BCUT2D eigenvalue weighted by Crippen LogP contribution is -2.16. The standard InChI is InChI=1S/C15H11FN4O3S2/c16-11-4-6-12(7-5-11)20-25(22,23)13-3-1-2-10(8-13)14(21)18-15-19-17-9-24-15/h1-9,20H,(H,18,19,21). The number of amides is 1. The van der Waals surface area contributed by atoms with E-state index < -0.39 is 21.7 Å². The quantitative estimate of drug-likeness (QED) is 0.711. The number of hydrogen-bond acceptors (Lipinski definition) is 6. The molecule has 2 N–H and O–H groups in total. The van der Waals surface area contributed by atoms with Gasteiger partial charge < -0.3 is 0 Å². The third-order valence-corrected chi connectivity index (χ3v) is 5.07. The Bertz CT molecular complexity index is 990. The summed E-state index contributed by atoms with van der Waals surface area (Å²) in [7, 11) is -3.92. The molecule has 3 rings (SSSR count). The highest BCUT2D eigenvalue weighted by atomic mass is 32.2. The molecule has 0 bridgehead atoms. The molecule has 0 aliphatic heterocycles. The minimum absolute atomic E-state index is 0.0956. The van der Waals surface area contributed by atoms with E-state index in [0.717, 1.165) is 23.5 Å². The number of carbonyl (C=O) groups is 1. The number of rotatable bonds is 5. The van der Waals surface area contributed by atoms with Crippen molar-refractivity contribution in [3.05, 3.63) is 65.4 Å². The highest BCUT2D eigenvalue weighted by Gasteiger charge is 2.17. The second-order valence-electron chi connectivity index (χ2n) is 4.84. The van der Waals surface area contributed by atoms with Crippen molar-refractivity contribution in [1.82, 2.24) is 10.2 Å². The molecule has 0 fully saturated rings. The Labute approximate surface area is 146 Å². The van der Waals surface area contributed by atoms with Crippen LogP contribution in [0.3, 0.4) is 0 Å². The third kappa shape index (κ3) is 4.17. The number of nitrogens with zero attached hydrogens (tertiary/aromatic N) is 2. The Morgan fingerprint density at radius 2 is 1.88 bits per heavy atom. The molecule has 0 atom stereocenters. The molecule has 0 saturated carbocycles. The van der Waals surface area contributed by atoms with Gasteiger partial charge in [-0.25, -0.2) is 12.8 Å². The average Bonchev–Trinajstić information content (AvgIpc) is 3.10. The maximum atomic E-state index is 12.9. The lowest BCUT2D eigenvalue weighted by molar-refractivity contribution is 0.102. The lowest BCUT2D eigenvalue weighted by Gasteiger charge is -2.09. The molecule has 2 aromatic carbocycles. The average molecular weight is 378 g/mol. The zero-order valence-electron chi connectivity index (χ0n) is 12.5. The number of benzene rings is 2. The Balaban J connectivity index is 1.82. The molecule has 128 valence electrons. The summed E-state index contributed by atoms with van der Waals surface area (Å²) >= 11 is 1.14. The number of carbonyl (C=O) groups excluding carboxylic acids is 1. The van der Waals surface area contributed by atoms with Crippen molar-refractivity contribution in [2.75, 3.05) is 10.0 Å². The van der Waals surface area contributed by atoms with E-state index in [2.05, 4.69) is 20.2 Å². The molecule has 25 heavy (non-hydrogen) atoms. The van der Waals surface area contributed by atoms with E-state index in [1.54, 1.807) is 0 Å². The molecular weight excluding hydrogens is 367 g/mol. The maximum absolute atomic E-state index is 12.9. The van der Waals surface area contributed by atoms with Crippen LogP contribution in [-0.4, -0.2) is 24.5 Å². The van der Waals surface area contributed by atoms with Crippen LogP contribution in [0.4, 0.5) is 15.2 Å². The Morgan fingerprint density at radius 1 is 1.12 bits per heavy atom. The summed E-state index contributed by atoms with van der Waals surface area (Å²) in [6, 6.07) is 10.4. The predicted molar refractivity (Wildman–Crippen MR) is 91.5 cm³/mol. The Kier molecular flexibility index (Phi) is 4.72. The van der Waals surface area contributed by atoms with E-state index in [1.165, 1.54) is 41.9 Å². The molecule has 3 aromatic rings. The van der Waals surface area contributed by atoms with Crippen molar-refractivity contribution in [2.24, 2.45) is 0 Å². The SMILES string of the molecule is O=C(Nc1nncs1)c1cccc(S(=O)(=O)Nc2ccc(F)cc2)c1. The number of sulfonamides is 1. The van der Waals surface area contributed by atoms with Gasteiger partial charge >= 0.3 is 0 Å². The van der Waals surface area contributed by atoms with Crippen LogP contribution in [0.2, 0.25) is 0 Å². The van der Waals surface area contributed by atoms with Gasteiger partial charge in [-0.15, -0.1) is 10.2 Å². The van der Waals surface area contributed by atoms with E-state index in [4.69, 9.17) is 0 Å². The number of aromatic nitrogens is 2. The second-order valence-corrected chi connectivity index (χ2v) is 7.35. The van der Waals surface area contributed by atoms with Gasteiger partial charge in [-0.1, -0.05) is 17.4 Å². The predicted octanol–water partition coefficient (Wildman–Crippen LogP) is 2.73. The fraction of sp³-hybridized carbons (Fsp3) is 0. The molecule has 0 aliphatic carbocycles. The van der Waals surface area contributed by atoms with Gasteiger partial charge in [0.1, 0.15) is 11.3 Å². The zero-order valence-corrected chi connectivity index (χ0v) is 14.1. The first-order chi connectivity index (χ1) is 11.9. The van der Waals surface area contributed by atoms with Crippen LogP contribution in [-0.2, 0) is 10.0 Å². The number of halogens is 1. The van der Waals surface area contributed by atoms with Gasteiger partial charge in [-0.05, 0) is 42.5 Å². The first kappa shape index (κ1) is 17.0. The molecule has 0 spiro atoms. The maximum Gasteiger partial charge on any atom is 0.261 e. The molecule has 0 saturated heterocycles. The topological polar surface area (TPSA) is 101 Å². The monoisotopic (exact) mass is 378 g/mol. The molecule has 1 heterocycles. The summed E-state index contributed by atoms with van der Waals surface area (Å²) in [5.41, 5.74) is 1.82. The number of nitrogens with one attached hydrogen (secondary N) is 2. The second kappa shape index (κ2) is 6.95. The van der Waals surface area contributed by atoms with Crippen molar-refractivity contribution < 1.29 is 17.6 Å². The Hall–Kier alpha value is -2.85. The van der Waals surface area contributed by atoms with E-state index in [-0.39, 0.29) is 16.1 Å². The van der Waals surface area contributed by atoms with Gasteiger partial charge in [0.05, 0.1) is 4.90 Å². The minimum Gasteiger partial charge on any atom is -0.296 e. The third-order valence-electron chi connectivity index (χ3n) is 3.08. The van der Waals surface area contributed by atoms with Crippen LogP contribution >= 0.6 is 11.3 Å². The van der Waals surface area contributed by atoms with Gasteiger partial charge in [-0.2, -0.15) is 0 Å². The van der Waals surface area contributed by atoms with Gasteiger partial charge in [0.15, 0.2) is 0 Å². The van der Waals surface area contributed by atoms with E-state index in [1.807, 2.05) is 0 Å². The summed E-state index contributed by atoms with van der Waals surface area (Å²) in [4.78, 5) is 12.1. The normalized spacial score (nSPS) is 11.1. The van der Waals surface area contributed by atoms with Crippen LogP contribution in [0.1, 0.15) is 10.4 Å². The van der Waals surface area contributed by atoms with Crippen molar-refractivity contribution in [3.8, 4) is 0 Å². The fourth-order valence-corrected chi connectivity index (χ4v) is 3.48. The van der Waals surface area contributed by atoms with Crippen LogP contribution < -0.4 is 10.0 Å². The zero-order chi connectivity index (χ0) is 17.9. The van der Waals surface area contributed by atoms with E-state index >= 15 is 0 Å². The van der Waals surface area contributed by atoms with Gasteiger partial charge in [-0.3, -0.25) is 14.8 Å². The summed E-state index contributed by atoms with van der Waals surface area (Å²) in [6.07, 6.45) is 0. The summed E-state index contributed by atoms with van der Waals surface area (Å²) in [5.74, 6) is -0.978. The molecule has 1 amide bonds. The van der Waals surface area contributed by atoms with E-state index in [9.17, 15) is 17.6 Å². The van der Waals surface area contributed by atoms with Crippen molar-refractivity contribution in [2.45, 2.75) is 4.90 Å². The summed E-state index contributed by atoms with van der Waals surface area (Å²) in [6.45, 7) is 0. The van der Waals surface area contributed by atoms with Gasteiger partial charge in [0.2, 0.25) is 5.13 Å². The molecular formula is C15H11FN4O3S2. The molecule has 0 aliphatic rings. The van der Waals surface area contributed by atoms with Crippen molar-refractivity contribution >= 4 is 38.1 Å². The van der Waals surface area contributed by atoms with Crippen molar-refractivity contribution in [3.63, 3.8) is 0 Å². The fourth-order valence-electron chi connectivity index (χ4n) is 1.93. The van der Waals surface area contributed by atoms with Crippen molar-refractivity contribution in [1.29, 1.82) is 0 Å². The summed E-state index contributed by atoms with van der Waals surface area (Å²) in [5, 5.41) is 10.1. The van der Waals surface area contributed by atoms with Crippen LogP contribution in [0, 0.1) is 5.82 Å². The molecule has 10 heteroatoms. The van der Waals surface area contributed by atoms with Crippen LogP contribution in [0.5, 0.6) is 0 Å². The van der Waals surface area contributed by atoms with Gasteiger partial charge in [0, 0.05) is 11.3 Å². The Morgan fingerprint density at radius 3 is 2.56 bits per heavy atom. The molecule has 7 nitrogen and oxygen atoms in total. The number of anilines is 2. The number of hydrogen-bond donors (Lipinski definition) is 2.